The Balaban J connectivity index is 2.59. The second kappa shape index (κ2) is 6.62. The molecule has 2 aromatic carbocycles. The summed E-state index contributed by atoms with van der Waals surface area (Å²) >= 11 is 0. The summed E-state index contributed by atoms with van der Waals surface area (Å²) in [7, 11) is 0. The second-order valence-corrected chi connectivity index (χ2v) is 8.39. The molecule has 0 radical (unpaired) electrons. The summed E-state index contributed by atoms with van der Waals surface area (Å²) < 4.78 is 0. The van der Waals surface area contributed by atoms with Crippen molar-refractivity contribution in [3.63, 3.8) is 0 Å². The molecule has 26 heavy (non-hydrogen) atoms. The van der Waals surface area contributed by atoms with Crippen LogP contribution in [0.25, 0.3) is 0 Å². The van der Waals surface area contributed by atoms with E-state index in [1.165, 1.54) is 0 Å². The molecule has 0 unspecified atom stereocenters. The standard InChI is InChI=1S/C22H28O4/c1-20(2,24)16-9-7-8-14(10-16)19(23)15-11-17(21(3,4)25)13-18(12-15)22(5,6)26/h7-13,24-26H,1-6H3. The molecule has 0 saturated carbocycles. The van der Waals surface area contributed by atoms with E-state index < -0.39 is 16.8 Å². The first-order chi connectivity index (χ1) is 11.7. The van der Waals surface area contributed by atoms with Crippen LogP contribution >= 0.6 is 0 Å². The first-order valence-corrected chi connectivity index (χ1v) is 8.68. The van der Waals surface area contributed by atoms with Crippen molar-refractivity contribution >= 4 is 5.78 Å². The lowest BCUT2D eigenvalue weighted by atomic mass is 9.86. The molecule has 0 spiro atoms. The van der Waals surface area contributed by atoms with Crippen molar-refractivity contribution in [2.24, 2.45) is 0 Å². The molecule has 0 bridgehead atoms. The van der Waals surface area contributed by atoms with Crippen LogP contribution in [0.15, 0.2) is 42.5 Å². The number of aliphatic hydroxyl groups is 3. The Hall–Kier alpha value is -2.01. The zero-order valence-electron chi connectivity index (χ0n) is 16.3. The Morgan fingerprint density at radius 2 is 1.08 bits per heavy atom. The van der Waals surface area contributed by atoms with Crippen LogP contribution in [0.2, 0.25) is 0 Å². The van der Waals surface area contributed by atoms with Crippen molar-refractivity contribution in [3.05, 3.63) is 70.3 Å². The topological polar surface area (TPSA) is 77.8 Å². The first kappa shape index (κ1) is 20.3. The van der Waals surface area contributed by atoms with Crippen LogP contribution in [-0.4, -0.2) is 21.1 Å². The van der Waals surface area contributed by atoms with Gasteiger partial charge in [0.05, 0.1) is 16.8 Å². The summed E-state index contributed by atoms with van der Waals surface area (Å²) in [6.45, 7) is 9.88. The maximum Gasteiger partial charge on any atom is 0.193 e. The van der Waals surface area contributed by atoms with Gasteiger partial charge in [0.15, 0.2) is 5.78 Å². The van der Waals surface area contributed by atoms with Crippen LogP contribution in [0.3, 0.4) is 0 Å². The third kappa shape index (κ3) is 4.58. The first-order valence-electron chi connectivity index (χ1n) is 8.68. The Bertz CT molecular complexity index is 783. The van der Waals surface area contributed by atoms with E-state index in [0.29, 0.717) is 27.8 Å². The van der Waals surface area contributed by atoms with E-state index in [1.54, 1.807) is 84.0 Å². The highest BCUT2D eigenvalue weighted by molar-refractivity contribution is 6.09. The second-order valence-electron chi connectivity index (χ2n) is 8.39. The lowest BCUT2D eigenvalue weighted by molar-refractivity contribution is 0.0716. The number of benzene rings is 2. The number of carbonyl (C=O) groups is 1. The number of hydrogen-bond donors (Lipinski definition) is 3. The molecule has 2 rings (SSSR count). The average Bonchev–Trinajstić information content (AvgIpc) is 2.51. The van der Waals surface area contributed by atoms with Crippen molar-refractivity contribution in [1.82, 2.24) is 0 Å². The molecular weight excluding hydrogens is 328 g/mol. The van der Waals surface area contributed by atoms with Crippen molar-refractivity contribution in [2.45, 2.75) is 58.3 Å². The molecule has 0 fully saturated rings. The molecule has 0 heterocycles. The highest BCUT2D eigenvalue weighted by atomic mass is 16.3. The van der Waals surface area contributed by atoms with E-state index in [4.69, 9.17) is 0 Å². The third-order valence-electron chi connectivity index (χ3n) is 4.44. The van der Waals surface area contributed by atoms with E-state index in [1.807, 2.05) is 0 Å². The maximum atomic E-state index is 13.0. The average molecular weight is 356 g/mol. The third-order valence-corrected chi connectivity index (χ3v) is 4.44. The molecular formula is C22H28O4. The molecule has 2 aromatic rings. The Morgan fingerprint density at radius 3 is 1.50 bits per heavy atom. The van der Waals surface area contributed by atoms with Gasteiger partial charge < -0.3 is 15.3 Å². The minimum absolute atomic E-state index is 0.229. The van der Waals surface area contributed by atoms with Gasteiger partial charge in [-0.1, -0.05) is 24.3 Å². The van der Waals surface area contributed by atoms with E-state index in [9.17, 15) is 20.1 Å². The van der Waals surface area contributed by atoms with Gasteiger partial charge in [-0.05, 0) is 76.4 Å². The van der Waals surface area contributed by atoms with Crippen LogP contribution < -0.4 is 0 Å². The van der Waals surface area contributed by atoms with Crippen molar-refractivity contribution in [1.29, 1.82) is 0 Å². The quantitative estimate of drug-likeness (QED) is 0.715. The van der Waals surface area contributed by atoms with Crippen molar-refractivity contribution in [3.8, 4) is 0 Å². The Morgan fingerprint density at radius 1 is 0.654 bits per heavy atom. The molecule has 4 nitrogen and oxygen atoms in total. The number of ketones is 1. The van der Waals surface area contributed by atoms with Gasteiger partial charge in [0.2, 0.25) is 0 Å². The van der Waals surface area contributed by atoms with Gasteiger partial charge in [-0.3, -0.25) is 4.79 Å². The van der Waals surface area contributed by atoms with Gasteiger partial charge in [0, 0.05) is 11.1 Å². The zero-order chi connectivity index (χ0) is 19.9. The molecule has 140 valence electrons. The summed E-state index contributed by atoms with van der Waals surface area (Å²) in [5.74, 6) is -0.229. The molecule has 0 aliphatic heterocycles. The van der Waals surface area contributed by atoms with Gasteiger partial charge in [0.1, 0.15) is 0 Å². The van der Waals surface area contributed by atoms with Crippen LogP contribution in [-0.2, 0) is 16.8 Å². The van der Waals surface area contributed by atoms with E-state index in [0.717, 1.165) is 0 Å². The monoisotopic (exact) mass is 356 g/mol. The smallest absolute Gasteiger partial charge is 0.193 e. The molecule has 0 amide bonds. The summed E-state index contributed by atoms with van der Waals surface area (Å²) in [4.78, 5) is 13.0. The van der Waals surface area contributed by atoms with Gasteiger partial charge in [0.25, 0.3) is 0 Å². The molecule has 3 N–H and O–H groups in total. The normalized spacial score (nSPS) is 13.0. The van der Waals surface area contributed by atoms with Gasteiger partial charge in [-0.15, -0.1) is 0 Å². The summed E-state index contributed by atoms with van der Waals surface area (Å²) in [6.07, 6.45) is 0. The minimum atomic E-state index is -1.15. The van der Waals surface area contributed by atoms with E-state index >= 15 is 0 Å². The van der Waals surface area contributed by atoms with Crippen molar-refractivity contribution in [2.75, 3.05) is 0 Å². The van der Waals surface area contributed by atoms with Crippen molar-refractivity contribution < 1.29 is 20.1 Å². The highest BCUT2D eigenvalue weighted by Gasteiger charge is 2.25. The molecule has 4 heteroatoms. The Kier molecular flexibility index (Phi) is 5.17. The predicted molar refractivity (Wildman–Crippen MR) is 102 cm³/mol. The van der Waals surface area contributed by atoms with Crippen LogP contribution in [0.4, 0.5) is 0 Å². The molecule has 0 atom stereocenters. The largest absolute Gasteiger partial charge is 0.386 e. The molecule has 0 saturated heterocycles. The van der Waals surface area contributed by atoms with E-state index in [2.05, 4.69) is 0 Å². The number of carbonyl (C=O) groups excluding carboxylic acids is 1. The lowest BCUT2D eigenvalue weighted by Crippen LogP contribution is -2.22. The number of rotatable bonds is 5. The van der Waals surface area contributed by atoms with Gasteiger partial charge in [-0.25, -0.2) is 0 Å². The summed E-state index contributed by atoms with van der Waals surface area (Å²) in [5.41, 5.74) is -0.767. The molecule has 0 aliphatic carbocycles. The van der Waals surface area contributed by atoms with Crippen LogP contribution in [0, 0.1) is 0 Å². The SMILES string of the molecule is CC(C)(O)c1cccc(C(=O)c2cc(C(C)(C)O)cc(C(C)(C)O)c2)c1. The molecule has 0 aliphatic rings. The summed E-state index contributed by atoms with van der Waals surface area (Å²) in [6, 6.07) is 11.9. The van der Waals surface area contributed by atoms with Gasteiger partial charge in [-0.2, -0.15) is 0 Å². The maximum absolute atomic E-state index is 13.0. The zero-order valence-corrected chi connectivity index (χ0v) is 16.3. The van der Waals surface area contributed by atoms with Crippen LogP contribution in [0.1, 0.15) is 74.2 Å². The highest BCUT2D eigenvalue weighted by Crippen LogP contribution is 2.29. The fourth-order valence-corrected chi connectivity index (χ4v) is 2.67. The fourth-order valence-electron chi connectivity index (χ4n) is 2.67. The lowest BCUT2D eigenvalue weighted by Gasteiger charge is -2.24. The van der Waals surface area contributed by atoms with E-state index in [-0.39, 0.29) is 5.78 Å². The van der Waals surface area contributed by atoms with Crippen LogP contribution in [0.5, 0.6) is 0 Å². The fraction of sp³-hybridized carbons (Fsp3) is 0.409. The minimum Gasteiger partial charge on any atom is -0.386 e. The Labute approximate surface area is 155 Å². The number of hydrogen-bond acceptors (Lipinski definition) is 4. The van der Waals surface area contributed by atoms with Gasteiger partial charge >= 0.3 is 0 Å². The summed E-state index contributed by atoms with van der Waals surface area (Å²) in [5, 5.41) is 31.0. The predicted octanol–water partition coefficient (Wildman–Crippen LogP) is 3.60. The molecule has 0 aromatic heterocycles.